The van der Waals surface area contributed by atoms with Crippen molar-refractivity contribution >= 4 is 11.8 Å². The molecule has 5 heteroatoms. The fraction of sp³-hybridized carbons (Fsp3) is 0.900. The summed E-state index contributed by atoms with van der Waals surface area (Å²) in [5.74, 6) is 1.48. The standard InChI is InChI=1S/C18H33N3O2.C2H6/c1-14(2)17(22)20-7-5-16(6-8-20)13-19-9-11-21(12-10-19)18(23)15(3)4;1-2/h14-16H,5-13H2,1-4H3;1-2H3. The summed E-state index contributed by atoms with van der Waals surface area (Å²) in [5, 5.41) is 0. The minimum absolute atomic E-state index is 0.101. The Morgan fingerprint density at radius 3 is 1.56 bits per heavy atom. The maximum absolute atomic E-state index is 12.0. The van der Waals surface area contributed by atoms with Crippen LogP contribution in [0.5, 0.6) is 0 Å². The molecule has 2 aliphatic heterocycles. The zero-order valence-electron chi connectivity index (χ0n) is 17.3. The molecule has 5 nitrogen and oxygen atoms in total. The van der Waals surface area contributed by atoms with Crippen LogP contribution in [-0.2, 0) is 9.59 Å². The molecule has 0 N–H and O–H groups in total. The van der Waals surface area contributed by atoms with E-state index >= 15 is 0 Å². The highest BCUT2D eigenvalue weighted by Crippen LogP contribution is 2.20. The largest absolute Gasteiger partial charge is 0.342 e. The third kappa shape index (κ3) is 6.61. The van der Waals surface area contributed by atoms with Crippen LogP contribution in [0.15, 0.2) is 0 Å². The first kappa shape index (κ1) is 21.9. The van der Waals surface area contributed by atoms with E-state index < -0.39 is 0 Å². The van der Waals surface area contributed by atoms with Gasteiger partial charge in [-0.05, 0) is 18.8 Å². The molecule has 0 atom stereocenters. The Kier molecular flexibility index (Phi) is 9.47. The number of rotatable bonds is 4. The predicted octanol–water partition coefficient (Wildman–Crippen LogP) is 2.71. The van der Waals surface area contributed by atoms with E-state index in [0.29, 0.717) is 11.8 Å². The molecule has 0 radical (unpaired) electrons. The summed E-state index contributed by atoms with van der Waals surface area (Å²) in [5.41, 5.74) is 0. The number of hydrogen-bond donors (Lipinski definition) is 0. The first-order valence-electron chi connectivity index (χ1n) is 10.2. The third-order valence-corrected chi connectivity index (χ3v) is 5.11. The number of carbonyl (C=O) groups is 2. The maximum atomic E-state index is 12.0. The van der Waals surface area contributed by atoms with Gasteiger partial charge in [0.15, 0.2) is 0 Å². The zero-order valence-corrected chi connectivity index (χ0v) is 17.3. The van der Waals surface area contributed by atoms with Gasteiger partial charge in [0.1, 0.15) is 0 Å². The number of nitrogens with zero attached hydrogens (tertiary/aromatic N) is 3. The molecule has 2 amide bonds. The summed E-state index contributed by atoms with van der Waals surface area (Å²) in [6, 6.07) is 0. The van der Waals surface area contributed by atoms with E-state index in [1.807, 2.05) is 51.3 Å². The molecule has 0 bridgehead atoms. The second-order valence-electron chi connectivity index (χ2n) is 7.70. The molecule has 2 saturated heterocycles. The predicted molar refractivity (Wildman–Crippen MR) is 103 cm³/mol. The van der Waals surface area contributed by atoms with Gasteiger partial charge < -0.3 is 9.80 Å². The number of amides is 2. The lowest BCUT2D eigenvalue weighted by atomic mass is 9.95. The molecule has 0 saturated carbocycles. The second kappa shape index (κ2) is 10.8. The van der Waals surface area contributed by atoms with Crippen LogP contribution in [0.2, 0.25) is 0 Å². The fourth-order valence-electron chi connectivity index (χ4n) is 3.58. The summed E-state index contributed by atoms with van der Waals surface area (Å²) in [6.07, 6.45) is 2.23. The van der Waals surface area contributed by atoms with Gasteiger partial charge in [0, 0.05) is 57.6 Å². The Morgan fingerprint density at radius 1 is 0.760 bits per heavy atom. The van der Waals surface area contributed by atoms with Crippen molar-refractivity contribution in [3.63, 3.8) is 0 Å². The zero-order chi connectivity index (χ0) is 19.0. The summed E-state index contributed by atoms with van der Waals surface area (Å²) >= 11 is 0. The van der Waals surface area contributed by atoms with Crippen LogP contribution in [-0.4, -0.2) is 72.3 Å². The minimum atomic E-state index is 0.101. The Labute approximate surface area is 154 Å². The van der Waals surface area contributed by atoms with Gasteiger partial charge in [0.25, 0.3) is 0 Å². The maximum Gasteiger partial charge on any atom is 0.225 e. The average molecular weight is 354 g/mol. The normalized spacial score (nSPS) is 19.8. The first-order chi connectivity index (χ1) is 11.9. The first-order valence-corrected chi connectivity index (χ1v) is 10.2. The molecule has 0 aliphatic carbocycles. The molecular weight excluding hydrogens is 314 g/mol. The van der Waals surface area contributed by atoms with E-state index in [9.17, 15) is 9.59 Å². The molecule has 2 heterocycles. The Morgan fingerprint density at radius 2 is 1.16 bits per heavy atom. The van der Waals surface area contributed by atoms with Crippen molar-refractivity contribution in [2.45, 2.75) is 54.4 Å². The Bertz CT molecular complexity index is 369. The number of carbonyl (C=O) groups excluding carboxylic acids is 2. The van der Waals surface area contributed by atoms with Crippen LogP contribution >= 0.6 is 0 Å². The molecule has 0 aromatic carbocycles. The molecule has 0 aromatic heterocycles. The van der Waals surface area contributed by atoms with E-state index in [2.05, 4.69) is 4.90 Å². The van der Waals surface area contributed by atoms with Gasteiger partial charge in [-0.15, -0.1) is 0 Å². The van der Waals surface area contributed by atoms with Crippen LogP contribution in [0, 0.1) is 17.8 Å². The third-order valence-electron chi connectivity index (χ3n) is 5.11. The van der Waals surface area contributed by atoms with Crippen molar-refractivity contribution in [2.24, 2.45) is 17.8 Å². The van der Waals surface area contributed by atoms with Crippen molar-refractivity contribution in [1.29, 1.82) is 0 Å². The van der Waals surface area contributed by atoms with E-state index in [1.165, 1.54) is 0 Å². The SMILES string of the molecule is CC.CC(C)C(=O)N1CCC(CN2CCN(C(=O)C(C)C)CC2)CC1. The molecular formula is C20H39N3O2. The highest BCUT2D eigenvalue weighted by molar-refractivity contribution is 5.78. The number of piperidine rings is 1. The highest BCUT2D eigenvalue weighted by atomic mass is 16.2. The molecule has 2 aliphatic rings. The average Bonchev–Trinajstić information content (AvgIpc) is 2.63. The summed E-state index contributed by atoms with van der Waals surface area (Å²) < 4.78 is 0. The van der Waals surface area contributed by atoms with Crippen LogP contribution in [0.1, 0.15) is 54.4 Å². The van der Waals surface area contributed by atoms with Gasteiger partial charge in [0.05, 0.1) is 0 Å². The van der Waals surface area contributed by atoms with E-state index in [4.69, 9.17) is 0 Å². The van der Waals surface area contributed by atoms with Crippen LogP contribution < -0.4 is 0 Å². The molecule has 0 spiro atoms. The summed E-state index contributed by atoms with van der Waals surface area (Å²) in [4.78, 5) is 30.6. The minimum Gasteiger partial charge on any atom is -0.342 e. The highest BCUT2D eigenvalue weighted by Gasteiger charge is 2.28. The van der Waals surface area contributed by atoms with Gasteiger partial charge in [0.2, 0.25) is 11.8 Å². The Balaban J connectivity index is 0.00000151. The number of likely N-dealkylation sites (tertiary alicyclic amines) is 1. The quantitative estimate of drug-likeness (QED) is 0.780. The lowest BCUT2D eigenvalue weighted by Gasteiger charge is -2.39. The monoisotopic (exact) mass is 353 g/mol. The van der Waals surface area contributed by atoms with Crippen molar-refractivity contribution in [2.75, 3.05) is 45.8 Å². The van der Waals surface area contributed by atoms with E-state index in [1.54, 1.807) is 0 Å². The smallest absolute Gasteiger partial charge is 0.225 e. The van der Waals surface area contributed by atoms with Gasteiger partial charge in [-0.2, -0.15) is 0 Å². The van der Waals surface area contributed by atoms with Crippen LogP contribution in [0.25, 0.3) is 0 Å². The fourth-order valence-corrected chi connectivity index (χ4v) is 3.58. The van der Waals surface area contributed by atoms with E-state index in [-0.39, 0.29) is 17.7 Å². The number of piperazine rings is 1. The lowest BCUT2D eigenvalue weighted by molar-refractivity contribution is -0.136. The van der Waals surface area contributed by atoms with Gasteiger partial charge in [-0.3, -0.25) is 14.5 Å². The lowest BCUT2D eigenvalue weighted by Crippen LogP contribution is -2.51. The van der Waals surface area contributed by atoms with Gasteiger partial charge >= 0.3 is 0 Å². The molecule has 25 heavy (non-hydrogen) atoms. The molecule has 2 fully saturated rings. The van der Waals surface area contributed by atoms with Crippen molar-refractivity contribution < 1.29 is 9.59 Å². The summed E-state index contributed by atoms with van der Waals surface area (Å²) in [6.45, 7) is 18.5. The second-order valence-corrected chi connectivity index (χ2v) is 7.70. The van der Waals surface area contributed by atoms with Crippen molar-refractivity contribution in [1.82, 2.24) is 14.7 Å². The van der Waals surface area contributed by atoms with Crippen LogP contribution in [0.4, 0.5) is 0 Å². The molecule has 2 rings (SSSR count). The van der Waals surface area contributed by atoms with Gasteiger partial charge in [-0.25, -0.2) is 0 Å². The van der Waals surface area contributed by atoms with Gasteiger partial charge in [-0.1, -0.05) is 41.5 Å². The molecule has 0 aromatic rings. The topological polar surface area (TPSA) is 43.9 Å². The molecule has 0 unspecified atom stereocenters. The van der Waals surface area contributed by atoms with Crippen molar-refractivity contribution in [3.8, 4) is 0 Å². The van der Waals surface area contributed by atoms with E-state index in [0.717, 1.165) is 58.7 Å². The number of hydrogen-bond acceptors (Lipinski definition) is 3. The van der Waals surface area contributed by atoms with Crippen LogP contribution in [0.3, 0.4) is 0 Å². The van der Waals surface area contributed by atoms with Crippen molar-refractivity contribution in [3.05, 3.63) is 0 Å². The Hall–Kier alpha value is -1.10. The summed E-state index contributed by atoms with van der Waals surface area (Å²) in [7, 11) is 0. The molecule has 146 valence electrons.